The van der Waals surface area contributed by atoms with Crippen LogP contribution in [0.5, 0.6) is 0 Å². The number of anilines is 1. The Bertz CT molecular complexity index is 430. The lowest BCUT2D eigenvalue weighted by atomic mass is 9.82. The molecule has 1 aliphatic heterocycles. The van der Waals surface area contributed by atoms with Crippen LogP contribution in [0.4, 0.5) is 5.69 Å². The van der Waals surface area contributed by atoms with Crippen molar-refractivity contribution in [1.82, 2.24) is 4.98 Å². The van der Waals surface area contributed by atoms with Gasteiger partial charge in [0.2, 0.25) is 0 Å². The predicted octanol–water partition coefficient (Wildman–Crippen LogP) is 2.37. The first-order chi connectivity index (χ1) is 7.50. The second kappa shape index (κ2) is 3.91. The topological polar surface area (TPSA) is 48.1 Å². The zero-order chi connectivity index (χ0) is 11.8. The van der Waals surface area contributed by atoms with Crippen molar-refractivity contribution in [3.63, 3.8) is 0 Å². The molecular formula is C13H18N2O. The highest BCUT2D eigenvalue weighted by Gasteiger charge is 2.23. The molecule has 2 heterocycles. The number of nitrogens with zero attached hydrogens (tertiary/aromatic N) is 1. The Balaban J connectivity index is 2.57. The first-order valence-electron chi connectivity index (χ1n) is 5.51. The first kappa shape index (κ1) is 11.1. The molecule has 0 atom stereocenters. The van der Waals surface area contributed by atoms with Crippen molar-refractivity contribution in [1.29, 1.82) is 0 Å². The van der Waals surface area contributed by atoms with Gasteiger partial charge in [-0.2, -0.15) is 0 Å². The summed E-state index contributed by atoms with van der Waals surface area (Å²) in [5, 5.41) is 0. The molecule has 3 heteroatoms. The molecule has 1 aliphatic rings. The van der Waals surface area contributed by atoms with Crippen molar-refractivity contribution < 1.29 is 4.74 Å². The molecule has 0 aliphatic carbocycles. The Morgan fingerprint density at radius 1 is 1.31 bits per heavy atom. The summed E-state index contributed by atoms with van der Waals surface area (Å²) >= 11 is 0. The van der Waals surface area contributed by atoms with E-state index in [1.165, 1.54) is 11.1 Å². The molecule has 0 aromatic carbocycles. The maximum atomic E-state index is 6.04. The molecule has 0 saturated carbocycles. The van der Waals surface area contributed by atoms with Gasteiger partial charge in [-0.05, 0) is 16.6 Å². The van der Waals surface area contributed by atoms with Crippen LogP contribution in [-0.2, 0) is 10.2 Å². The molecule has 86 valence electrons. The second-order valence-electron chi connectivity index (χ2n) is 5.15. The minimum Gasteiger partial charge on any atom is -0.397 e. The van der Waals surface area contributed by atoms with Gasteiger partial charge in [-0.25, -0.2) is 0 Å². The summed E-state index contributed by atoms with van der Waals surface area (Å²) in [5.41, 5.74) is 10.3. The van der Waals surface area contributed by atoms with Gasteiger partial charge in [0.1, 0.15) is 0 Å². The monoisotopic (exact) mass is 218 g/mol. The lowest BCUT2D eigenvalue weighted by Crippen LogP contribution is -2.17. The van der Waals surface area contributed by atoms with E-state index in [0.717, 1.165) is 11.3 Å². The van der Waals surface area contributed by atoms with E-state index < -0.39 is 0 Å². The van der Waals surface area contributed by atoms with Crippen molar-refractivity contribution in [3.05, 3.63) is 29.6 Å². The summed E-state index contributed by atoms with van der Waals surface area (Å²) in [4.78, 5) is 4.18. The van der Waals surface area contributed by atoms with E-state index >= 15 is 0 Å². The van der Waals surface area contributed by atoms with E-state index in [0.29, 0.717) is 13.2 Å². The summed E-state index contributed by atoms with van der Waals surface area (Å²) in [6, 6.07) is 0. The normalized spacial score (nSPS) is 16.3. The van der Waals surface area contributed by atoms with Gasteiger partial charge in [-0.1, -0.05) is 26.8 Å². The molecule has 0 amide bonds. The number of hydrogen-bond acceptors (Lipinski definition) is 3. The highest BCUT2D eigenvalue weighted by atomic mass is 16.5. The minimum absolute atomic E-state index is 0.0196. The number of ether oxygens (including phenoxy) is 1. The van der Waals surface area contributed by atoms with E-state index in [-0.39, 0.29) is 5.41 Å². The van der Waals surface area contributed by atoms with Crippen LogP contribution in [0, 0.1) is 0 Å². The fraction of sp³-hybridized carbons (Fsp3) is 0.462. The van der Waals surface area contributed by atoms with E-state index in [2.05, 4.69) is 31.8 Å². The highest BCUT2D eigenvalue weighted by molar-refractivity contribution is 5.74. The quantitative estimate of drug-likeness (QED) is 0.787. The van der Waals surface area contributed by atoms with E-state index in [1.54, 1.807) is 6.20 Å². The number of rotatable bonds is 1. The average Bonchev–Trinajstić information content (AvgIpc) is 2.67. The summed E-state index contributed by atoms with van der Waals surface area (Å²) in [6.45, 7) is 7.84. The maximum absolute atomic E-state index is 6.04. The van der Waals surface area contributed by atoms with E-state index in [9.17, 15) is 0 Å². The van der Waals surface area contributed by atoms with Gasteiger partial charge in [0.25, 0.3) is 0 Å². The molecule has 0 saturated heterocycles. The summed E-state index contributed by atoms with van der Waals surface area (Å²) in [7, 11) is 0. The predicted molar refractivity (Wildman–Crippen MR) is 66.1 cm³/mol. The van der Waals surface area contributed by atoms with Crippen LogP contribution in [0.25, 0.3) is 5.57 Å². The zero-order valence-electron chi connectivity index (χ0n) is 10.1. The standard InChI is InChI=1S/C13H18N2O/c1-13(2,3)12-10(6-15-7-11(12)14)9-4-5-16-8-9/h4,6-7H,5,8,14H2,1-3H3. The van der Waals surface area contributed by atoms with Crippen LogP contribution in [0.2, 0.25) is 0 Å². The van der Waals surface area contributed by atoms with Crippen LogP contribution >= 0.6 is 0 Å². The summed E-state index contributed by atoms with van der Waals surface area (Å²) in [6.07, 6.45) is 5.71. The van der Waals surface area contributed by atoms with Gasteiger partial charge in [0, 0.05) is 11.8 Å². The Hall–Kier alpha value is -1.35. The summed E-state index contributed by atoms with van der Waals surface area (Å²) in [5.74, 6) is 0. The van der Waals surface area contributed by atoms with Gasteiger partial charge >= 0.3 is 0 Å². The largest absolute Gasteiger partial charge is 0.397 e. The summed E-state index contributed by atoms with van der Waals surface area (Å²) < 4.78 is 5.36. The van der Waals surface area contributed by atoms with Crippen LogP contribution < -0.4 is 5.73 Å². The average molecular weight is 218 g/mol. The van der Waals surface area contributed by atoms with Gasteiger partial charge in [-0.15, -0.1) is 0 Å². The number of nitrogens with two attached hydrogens (primary N) is 1. The fourth-order valence-corrected chi connectivity index (χ4v) is 2.13. The van der Waals surface area contributed by atoms with Crippen LogP contribution in [0.3, 0.4) is 0 Å². The Morgan fingerprint density at radius 3 is 2.62 bits per heavy atom. The number of pyridine rings is 1. The van der Waals surface area contributed by atoms with Crippen LogP contribution in [-0.4, -0.2) is 18.2 Å². The second-order valence-corrected chi connectivity index (χ2v) is 5.15. The Kier molecular flexibility index (Phi) is 2.72. The van der Waals surface area contributed by atoms with Gasteiger partial charge in [0.15, 0.2) is 0 Å². The van der Waals surface area contributed by atoms with E-state index in [1.807, 2.05) is 6.20 Å². The third kappa shape index (κ3) is 1.95. The van der Waals surface area contributed by atoms with E-state index in [4.69, 9.17) is 10.5 Å². The highest BCUT2D eigenvalue weighted by Crippen LogP contribution is 2.34. The van der Waals surface area contributed by atoms with Crippen LogP contribution in [0.15, 0.2) is 18.5 Å². The third-order valence-electron chi connectivity index (χ3n) is 2.78. The minimum atomic E-state index is 0.0196. The molecule has 0 fully saturated rings. The molecule has 2 rings (SSSR count). The molecule has 16 heavy (non-hydrogen) atoms. The molecule has 0 bridgehead atoms. The Morgan fingerprint density at radius 2 is 2.06 bits per heavy atom. The Labute approximate surface area is 96.3 Å². The molecule has 0 radical (unpaired) electrons. The molecule has 0 unspecified atom stereocenters. The fourth-order valence-electron chi connectivity index (χ4n) is 2.13. The van der Waals surface area contributed by atoms with Gasteiger partial charge in [-0.3, -0.25) is 4.98 Å². The molecule has 1 aromatic rings. The van der Waals surface area contributed by atoms with Crippen molar-refractivity contribution in [3.8, 4) is 0 Å². The van der Waals surface area contributed by atoms with Crippen molar-refractivity contribution in [2.24, 2.45) is 0 Å². The molecular weight excluding hydrogens is 200 g/mol. The molecule has 2 N–H and O–H groups in total. The van der Waals surface area contributed by atoms with Crippen LogP contribution in [0.1, 0.15) is 31.9 Å². The van der Waals surface area contributed by atoms with Crippen molar-refractivity contribution >= 4 is 11.3 Å². The lowest BCUT2D eigenvalue weighted by molar-refractivity contribution is 0.216. The van der Waals surface area contributed by atoms with Gasteiger partial charge < -0.3 is 10.5 Å². The van der Waals surface area contributed by atoms with Gasteiger partial charge in [0.05, 0.1) is 25.1 Å². The number of nitrogen functional groups attached to an aromatic ring is 1. The number of hydrogen-bond donors (Lipinski definition) is 1. The SMILES string of the molecule is CC(C)(C)c1c(N)cncc1C1=CCOC1. The maximum Gasteiger partial charge on any atom is 0.0725 e. The molecule has 3 nitrogen and oxygen atoms in total. The third-order valence-corrected chi connectivity index (χ3v) is 2.78. The number of aromatic nitrogens is 1. The molecule has 0 spiro atoms. The first-order valence-corrected chi connectivity index (χ1v) is 5.51. The lowest BCUT2D eigenvalue weighted by Gasteiger charge is -2.24. The zero-order valence-corrected chi connectivity index (χ0v) is 10.1. The van der Waals surface area contributed by atoms with Crippen molar-refractivity contribution in [2.75, 3.05) is 18.9 Å². The van der Waals surface area contributed by atoms with Crippen molar-refractivity contribution in [2.45, 2.75) is 26.2 Å². The smallest absolute Gasteiger partial charge is 0.0725 e. The molecule has 1 aromatic heterocycles.